The molecule has 0 N–H and O–H groups in total. The summed E-state index contributed by atoms with van der Waals surface area (Å²) in [5.41, 5.74) is 1.91. The van der Waals surface area contributed by atoms with Crippen LogP contribution in [0.4, 0.5) is 11.4 Å². The second kappa shape index (κ2) is 7.09. The standard InChI is InChI=1S/C15H22ClN3O2/c1-17-7-5-12(6-8-17)11-18(2)15-4-3-14(19(20)21)9-13(15)10-16/h3-4,9,12H,5-8,10-11H2,1-2H3. The van der Waals surface area contributed by atoms with Crippen LogP contribution >= 0.6 is 11.6 Å². The van der Waals surface area contributed by atoms with Crippen molar-refractivity contribution in [3.63, 3.8) is 0 Å². The molecular formula is C15H22ClN3O2. The predicted molar refractivity (Wildman–Crippen MR) is 86.1 cm³/mol. The average molecular weight is 312 g/mol. The van der Waals surface area contributed by atoms with Crippen LogP contribution in [0.15, 0.2) is 18.2 Å². The Morgan fingerprint density at radius 1 is 1.43 bits per heavy atom. The molecule has 2 rings (SSSR count). The molecule has 0 saturated carbocycles. The normalized spacial score (nSPS) is 16.9. The number of likely N-dealkylation sites (tertiary alicyclic amines) is 1. The largest absolute Gasteiger partial charge is 0.374 e. The van der Waals surface area contributed by atoms with Crippen molar-refractivity contribution in [3.05, 3.63) is 33.9 Å². The van der Waals surface area contributed by atoms with Gasteiger partial charge in [-0.25, -0.2) is 0 Å². The molecule has 0 amide bonds. The molecule has 0 bridgehead atoms. The van der Waals surface area contributed by atoms with Gasteiger partial charge in [0, 0.05) is 37.3 Å². The number of halogens is 1. The Balaban J connectivity index is 2.07. The lowest BCUT2D eigenvalue weighted by Crippen LogP contribution is -2.35. The second-order valence-corrected chi connectivity index (χ2v) is 6.10. The lowest BCUT2D eigenvalue weighted by molar-refractivity contribution is -0.384. The molecule has 0 atom stereocenters. The Hall–Kier alpha value is -1.33. The van der Waals surface area contributed by atoms with Crippen LogP contribution in [0.1, 0.15) is 18.4 Å². The number of nitrogens with zero attached hydrogens (tertiary/aromatic N) is 3. The number of hydrogen-bond donors (Lipinski definition) is 0. The number of rotatable bonds is 5. The highest BCUT2D eigenvalue weighted by Gasteiger charge is 2.20. The molecule has 1 heterocycles. The summed E-state index contributed by atoms with van der Waals surface area (Å²) in [6.45, 7) is 3.25. The van der Waals surface area contributed by atoms with Gasteiger partial charge < -0.3 is 9.80 Å². The Labute approximate surface area is 130 Å². The zero-order valence-electron chi connectivity index (χ0n) is 12.6. The third-order valence-corrected chi connectivity index (χ3v) is 4.49. The minimum atomic E-state index is -0.378. The first-order chi connectivity index (χ1) is 10.0. The van der Waals surface area contributed by atoms with Crippen molar-refractivity contribution < 1.29 is 4.92 Å². The Bertz CT molecular complexity index is 502. The fourth-order valence-electron chi connectivity index (χ4n) is 2.90. The summed E-state index contributed by atoms with van der Waals surface area (Å²) in [4.78, 5) is 15.0. The molecule has 0 aromatic heterocycles. The van der Waals surface area contributed by atoms with Crippen molar-refractivity contribution in [2.45, 2.75) is 18.7 Å². The third-order valence-electron chi connectivity index (χ3n) is 4.20. The summed E-state index contributed by atoms with van der Waals surface area (Å²) in [6.07, 6.45) is 2.40. The highest BCUT2D eigenvalue weighted by molar-refractivity contribution is 6.17. The van der Waals surface area contributed by atoms with E-state index in [4.69, 9.17) is 11.6 Å². The van der Waals surface area contributed by atoms with Gasteiger partial charge in [0.15, 0.2) is 0 Å². The van der Waals surface area contributed by atoms with E-state index in [0.29, 0.717) is 5.92 Å². The van der Waals surface area contributed by atoms with E-state index in [0.717, 1.165) is 30.9 Å². The Morgan fingerprint density at radius 2 is 2.10 bits per heavy atom. The molecule has 21 heavy (non-hydrogen) atoms. The number of hydrogen-bond acceptors (Lipinski definition) is 4. The summed E-state index contributed by atoms with van der Waals surface area (Å²) >= 11 is 5.96. The van der Waals surface area contributed by atoms with Gasteiger partial charge in [-0.15, -0.1) is 11.6 Å². The molecule has 5 nitrogen and oxygen atoms in total. The number of piperidine rings is 1. The molecule has 1 aliphatic rings. The highest BCUT2D eigenvalue weighted by atomic mass is 35.5. The number of nitro groups is 1. The van der Waals surface area contributed by atoms with Crippen molar-refractivity contribution >= 4 is 23.0 Å². The second-order valence-electron chi connectivity index (χ2n) is 5.83. The van der Waals surface area contributed by atoms with E-state index < -0.39 is 0 Å². The van der Waals surface area contributed by atoms with Gasteiger partial charge in [-0.1, -0.05) is 0 Å². The van der Waals surface area contributed by atoms with E-state index in [1.807, 2.05) is 13.1 Å². The molecule has 1 aromatic carbocycles. The quantitative estimate of drug-likeness (QED) is 0.476. The first-order valence-corrected chi connectivity index (χ1v) is 7.77. The first-order valence-electron chi connectivity index (χ1n) is 7.24. The predicted octanol–water partition coefficient (Wildman–Crippen LogP) is 3.11. The summed E-state index contributed by atoms with van der Waals surface area (Å²) < 4.78 is 0. The molecule has 1 aromatic rings. The maximum absolute atomic E-state index is 10.8. The maximum atomic E-state index is 10.8. The smallest absolute Gasteiger partial charge is 0.269 e. The van der Waals surface area contributed by atoms with E-state index in [-0.39, 0.29) is 16.5 Å². The third kappa shape index (κ3) is 4.08. The van der Waals surface area contributed by atoms with Gasteiger partial charge in [-0.05, 0) is 50.5 Å². The number of alkyl halides is 1. The van der Waals surface area contributed by atoms with Crippen LogP contribution in [0.3, 0.4) is 0 Å². The highest BCUT2D eigenvalue weighted by Crippen LogP contribution is 2.28. The lowest BCUT2D eigenvalue weighted by Gasteiger charge is -2.33. The van der Waals surface area contributed by atoms with E-state index >= 15 is 0 Å². The van der Waals surface area contributed by atoms with Gasteiger partial charge in [0.2, 0.25) is 0 Å². The summed E-state index contributed by atoms with van der Waals surface area (Å²) in [5.74, 6) is 0.957. The van der Waals surface area contributed by atoms with Crippen LogP contribution in [-0.4, -0.2) is 43.6 Å². The molecule has 1 fully saturated rings. The molecule has 0 radical (unpaired) electrons. The SMILES string of the molecule is CN1CCC(CN(C)c2ccc([N+](=O)[O-])cc2CCl)CC1. The zero-order valence-corrected chi connectivity index (χ0v) is 13.3. The molecule has 116 valence electrons. The van der Waals surface area contributed by atoms with Crippen molar-refractivity contribution in [1.82, 2.24) is 4.90 Å². The van der Waals surface area contributed by atoms with Gasteiger partial charge in [0.05, 0.1) is 4.92 Å². The number of nitro benzene ring substituents is 1. The Kier molecular flexibility index (Phi) is 5.42. The number of non-ortho nitro benzene ring substituents is 1. The van der Waals surface area contributed by atoms with Gasteiger partial charge in [-0.3, -0.25) is 10.1 Å². The summed E-state index contributed by atoms with van der Waals surface area (Å²) in [6, 6.07) is 4.94. The minimum absolute atomic E-state index is 0.0992. The van der Waals surface area contributed by atoms with Crippen LogP contribution < -0.4 is 4.90 Å². The zero-order chi connectivity index (χ0) is 15.4. The van der Waals surface area contributed by atoms with Gasteiger partial charge in [-0.2, -0.15) is 0 Å². The van der Waals surface area contributed by atoms with E-state index in [9.17, 15) is 10.1 Å². The monoisotopic (exact) mass is 311 g/mol. The molecule has 1 saturated heterocycles. The summed E-state index contributed by atoms with van der Waals surface area (Å²) in [5, 5.41) is 10.8. The van der Waals surface area contributed by atoms with Gasteiger partial charge in [0.25, 0.3) is 5.69 Å². The van der Waals surface area contributed by atoms with Crippen molar-refractivity contribution in [1.29, 1.82) is 0 Å². The molecular weight excluding hydrogens is 290 g/mol. The van der Waals surface area contributed by atoms with Crippen molar-refractivity contribution in [2.24, 2.45) is 5.92 Å². The Morgan fingerprint density at radius 3 is 2.67 bits per heavy atom. The van der Waals surface area contributed by atoms with Crippen LogP contribution in [0.2, 0.25) is 0 Å². The number of benzene rings is 1. The van der Waals surface area contributed by atoms with Crippen molar-refractivity contribution in [2.75, 3.05) is 38.6 Å². The average Bonchev–Trinajstić information content (AvgIpc) is 2.48. The van der Waals surface area contributed by atoms with E-state index in [2.05, 4.69) is 16.8 Å². The lowest BCUT2D eigenvalue weighted by atomic mass is 9.96. The fourth-order valence-corrected chi connectivity index (χ4v) is 3.11. The minimum Gasteiger partial charge on any atom is -0.374 e. The van der Waals surface area contributed by atoms with Crippen LogP contribution in [0.5, 0.6) is 0 Å². The topological polar surface area (TPSA) is 49.6 Å². The molecule has 6 heteroatoms. The molecule has 0 aliphatic carbocycles. The van der Waals surface area contributed by atoms with Crippen LogP contribution in [-0.2, 0) is 5.88 Å². The molecule has 0 unspecified atom stereocenters. The maximum Gasteiger partial charge on any atom is 0.269 e. The van der Waals surface area contributed by atoms with Crippen LogP contribution in [0.25, 0.3) is 0 Å². The van der Waals surface area contributed by atoms with Gasteiger partial charge in [0.1, 0.15) is 0 Å². The van der Waals surface area contributed by atoms with E-state index in [1.54, 1.807) is 12.1 Å². The van der Waals surface area contributed by atoms with E-state index in [1.165, 1.54) is 12.8 Å². The molecule has 0 spiro atoms. The van der Waals surface area contributed by atoms with Gasteiger partial charge >= 0.3 is 0 Å². The molecule has 1 aliphatic heterocycles. The number of anilines is 1. The van der Waals surface area contributed by atoms with Crippen molar-refractivity contribution in [3.8, 4) is 0 Å². The summed E-state index contributed by atoms with van der Waals surface area (Å²) in [7, 11) is 4.19. The fraction of sp³-hybridized carbons (Fsp3) is 0.600. The van der Waals surface area contributed by atoms with Crippen LogP contribution in [0, 0.1) is 16.0 Å². The first kappa shape index (κ1) is 16.0.